The molecule has 2 aliphatic rings. The molecule has 6 heteroatoms. The van der Waals surface area contributed by atoms with Gasteiger partial charge in [0.15, 0.2) is 5.82 Å². The highest BCUT2D eigenvalue weighted by molar-refractivity contribution is 5.59. The summed E-state index contributed by atoms with van der Waals surface area (Å²) >= 11 is 0. The van der Waals surface area contributed by atoms with Gasteiger partial charge >= 0.3 is 0 Å². The Morgan fingerprint density at radius 1 is 1.26 bits per heavy atom. The van der Waals surface area contributed by atoms with E-state index in [4.69, 9.17) is 9.97 Å². The van der Waals surface area contributed by atoms with Gasteiger partial charge < -0.3 is 15.3 Å². The maximum atomic E-state index is 9.45. The number of rotatable bonds is 3. The third kappa shape index (κ3) is 2.80. The SMILES string of the molecule is OCC1CN(c2nc(-c3ccccn3)nc3c2CCC3)CCN1. The lowest BCUT2D eigenvalue weighted by Gasteiger charge is -2.34. The number of aromatic nitrogens is 3. The van der Waals surface area contributed by atoms with Gasteiger partial charge in [0.2, 0.25) is 0 Å². The average Bonchev–Trinajstić information content (AvgIpc) is 3.10. The van der Waals surface area contributed by atoms with Crippen molar-refractivity contribution in [3.8, 4) is 11.5 Å². The van der Waals surface area contributed by atoms with E-state index >= 15 is 0 Å². The Bertz CT molecular complexity index is 691. The van der Waals surface area contributed by atoms with Crippen LogP contribution in [0.3, 0.4) is 0 Å². The number of piperazine rings is 1. The average molecular weight is 311 g/mol. The van der Waals surface area contributed by atoms with Gasteiger partial charge in [0.25, 0.3) is 0 Å². The van der Waals surface area contributed by atoms with E-state index in [1.807, 2.05) is 18.2 Å². The van der Waals surface area contributed by atoms with Crippen LogP contribution < -0.4 is 10.2 Å². The van der Waals surface area contributed by atoms with Crippen molar-refractivity contribution in [2.24, 2.45) is 0 Å². The number of hydrogen-bond donors (Lipinski definition) is 2. The quantitative estimate of drug-likeness (QED) is 0.873. The lowest BCUT2D eigenvalue weighted by Crippen LogP contribution is -2.52. The van der Waals surface area contributed by atoms with Gasteiger partial charge in [-0.2, -0.15) is 0 Å². The largest absolute Gasteiger partial charge is 0.395 e. The van der Waals surface area contributed by atoms with Crippen LogP contribution in [0, 0.1) is 0 Å². The molecule has 4 rings (SSSR count). The van der Waals surface area contributed by atoms with Gasteiger partial charge in [-0.05, 0) is 31.4 Å². The monoisotopic (exact) mass is 311 g/mol. The highest BCUT2D eigenvalue weighted by Gasteiger charge is 2.27. The molecule has 1 aliphatic heterocycles. The molecule has 1 atom stereocenters. The minimum Gasteiger partial charge on any atom is -0.395 e. The van der Waals surface area contributed by atoms with Crippen molar-refractivity contribution in [1.82, 2.24) is 20.3 Å². The van der Waals surface area contributed by atoms with Crippen LogP contribution in [-0.4, -0.2) is 52.3 Å². The van der Waals surface area contributed by atoms with E-state index in [1.54, 1.807) is 6.20 Å². The molecule has 1 unspecified atom stereocenters. The lowest BCUT2D eigenvalue weighted by atomic mass is 10.1. The number of aliphatic hydroxyl groups excluding tert-OH is 1. The van der Waals surface area contributed by atoms with Gasteiger partial charge in [0.05, 0.1) is 6.61 Å². The molecule has 6 nitrogen and oxygen atoms in total. The first-order valence-electron chi connectivity index (χ1n) is 8.25. The molecule has 0 bridgehead atoms. The standard InChI is InChI=1S/C17H21N5O/c23-11-12-10-22(9-8-18-12)17-13-4-3-6-14(13)20-16(21-17)15-5-1-2-7-19-15/h1-2,5,7,12,18,23H,3-4,6,8-11H2. The minimum absolute atomic E-state index is 0.106. The molecule has 0 saturated carbocycles. The highest BCUT2D eigenvalue weighted by Crippen LogP contribution is 2.31. The molecule has 0 radical (unpaired) electrons. The third-order valence-corrected chi connectivity index (χ3v) is 4.58. The topological polar surface area (TPSA) is 74.2 Å². The Kier molecular flexibility index (Phi) is 3.93. The van der Waals surface area contributed by atoms with Gasteiger partial charge in [-0.3, -0.25) is 4.98 Å². The Morgan fingerprint density at radius 3 is 3.04 bits per heavy atom. The fourth-order valence-corrected chi connectivity index (χ4v) is 3.42. The summed E-state index contributed by atoms with van der Waals surface area (Å²) in [6.07, 6.45) is 4.97. The van der Waals surface area contributed by atoms with Crippen molar-refractivity contribution < 1.29 is 5.11 Å². The molecule has 0 spiro atoms. The molecule has 1 fully saturated rings. The van der Waals surface area contributed by atoms with Crippen LogP contribution in [0.5, 0.6) is 0 Å². The van der Waals surface area contributed by atoms with Crippen molar-refractivity contribution >= 4 is 5.82 Å². The van der Waals surface area contributed by atoms with Crippen LogP contribution >= 0.6 is 0 Å². The predicted molar refractivity (Wildman–Crippen MR) is 88.4 cm³/mol. The van der Waals surface area contributed by atoms with Crippen molar-refractivity contribution in [3.63, 3.8) is 0 Å². The van der Waals surface area contributed by atoms with Crippen LogP contribution in [0.1, 0.15) is 17.7 Å². The number of fused-ring (bicyclic) bond motifs is 1. The van der Waals surface area contributed by atoms with Crippen LogP contribution in [0.2, 0.25) is 0 Å². The second-order valence-electron chi connectivity index (χ2n) is 6.14. The molecule has 2 N–H and O–H groups in total. The van der Waals surface area contributed by atoms with Crippen molar-refractivity contribution in [2.75, 3.05) is 31.1 Å². The Morgan fingerprint density at radius 2 is 2.22 bits per heavy atom. The summed E-state index contributed by atoms with van der Waals surface area (Å²) in [6, 6.07) is 5.92. The van der Waals surface area contributed by atoms with E-state index in [9.17, 15) is 5.11 Å². The minimum atomic E-state index is 0.106. The van der Waals surface area contributed by atoms with E-state index in [0.717, 1.165) is 56.1 Å². The summed E-state index contributed by atoms with van der Waals surface area (Å²) in [6.45, 7) is 2.70. The fourth-order valence-electron chi connectivity index (χ4n) is 3.42. The van der Waals surface area contributed by atoms with Gasteiger partial charge in [0.1, 0.15) is 11.5 Å². The first-order chi connectivity index (χ1) is 11.3. The molecule has 0 amide bonds. The second-order valence-corrected chi connectivity index (χ2v) is 6.14. The summed E-state index contributed by atoms with van der Waals surface area (Å²) in [7, 11) is 0. The number of nitrogens with zero attached hydrogens (tertiary/aromatic N) is 4. The molecular weight excluding hydrogens is 290 g/mol. The zero-order chi connectivity index (χ0) is 15.6. The molecule has 0 aromatic carbocycles. The van der Waals surface area contributed by atoms with E-state index in [0.29, 0.717) is 5.82 Å². The number of anilines is 1. The van der Waals surface area contributed by atoms with E-state index in [-0.39, 0.29) is 12.6 Å². The fraction of sp³-hybridized carbons (Fsp3) is 0.471. The summed E-state index contributed by atoms with van der Waals surface area (Å²) in [5.74, 6) is 1.74. The predicted octanol–water partition coefficient (Wildman–Crippen LogP) is 0.798. The molecule has 2 aromatic heterocycles. The molecule has 1 saturated heterocycles. The highest BCUT2D eigenvalue weighted by atomic mass is 16.3. The lowest BCUT2D eigenvalue weighted by molar-refractivity contribution is 0.235. The number of aryl methyl sites for hydroxylation is 1. The summed E-state index contributed by atoms with van der Waals surface area (Å²) < 4.78 is 0. The maximum Gasteiger partial charge on any atom is 0.180 e. The van der Waals surface area contributed by atoms with Crippen molar-refractivity contribution in [2.45, 2.75) is 25.3 Å². The van der Waals surface area contributed by atoms with Gasteiger partial charge in [-0.25, -0.2) is 9.97 Å². The van der Waals surface area contributed by atoms with E-state index in [2.05, 4.69) is 15.2 Å². The number of pyridine rings is 1. The van der Waals surface area contributed by atoms with E-state index in [1.165, 1.54) is 5.56 Å². The molecule has 23 heavy (non-hydrogen) atoms. The normalized spacial score (nSPS) is 20.6. The van der Waals surface area contributed by atoms with Crippen LogP contribution in [0.15, 0.2) is 24.4 Å². The molecule has 120 valence electrons. The van der Waals surface area contributed by atoms with Gasteiger partial charge in [-0.15, -0.1) is 0 Å². The molecule has 3 heterocycles. The Labute approximate surface area is 135 Å². The van der Waals surface area contributed by atoms with Crippen LogP contribution in [-0.2, 0) is 12.8 Å². The summed E-state index contributed by atoms with van der Waals surface area (Å²) in [5.41, 5.74) is 3.26. The number of nitrogens with one attached hydrogen (secondary N) is 1. The number of hydrogen-bond acceptors (Lipinski definition) is 6. The van der Waals surface area contributed by atoms with Crippen LogP contribution in [0.4, 0.5) is 5.82 Å². The van der Waals surface area contributed by atoms with Crippen molar-refractivity contribution in [1.29, 1.82) is 0 Å². The summed E-state index contributed by atoms with van der Waals surface area (Å²) in [4.78, 5) is 16.3. The number of aliphatic hydroxyl groups is 1. The second kappa shape index (κ2) is 6.22. The molecular formula is C17H21N5O. The first-order valence-corrected chi connectivity index (χ1v) is 8.25. The maximum absolute atomic E-state index is 9.45. The first kappa shape index (κ1) is 14.5. The smallest absolute Gasteiger partial charge is 0.180 e. The van der Waals surface area contributed by atoms with E-state index < -0.39 is 0 Å². The van der Waals surface area contributed by atoms with Gasteiger partial charge in [0, 0.05) is 43.1 Å². The Balaban J connectivity index is 1.75. The van der Waals surface area contributed by atoms with Crippen LogP contribution in [0.25, 0.3) is 11.5 Å². The van der Waals surface area contributed by atoms with Gasteiger partial charge in [-0.1, -0.05) is 6.07 Å². The molecule has 2 aromatic rings. The summed E-state index contributed by atoms with van der Waals surface area (Å²) in [5, 5.41) is 12.8. The molecule has 1 aliphatic carbocycles. The van der Waals surface area contributed by atoms with Crippen molar-refractivity contribution in [3.05, 3.63) is 35.7 Å². The zero-order valence-corrected chi connectivity index (χ0v) is 13.1. The third-order valence-electron chi connectivity index (χ3n) is 4.58. The zero-order valence-electron chi connectivity index (χ0n) is 13.1. The Hall–Kier alpha value is -2.05.